The second-order valence-corrected chi connectivity index (χ2v) is 7.04. The van der Waals surface area contributed by atoms with Crippen LogP contribution in [-0.4, -0.2) is 20.9 Å². The zero-order valence-electron chi connectivity index (χ0n) is 14.7. The molecule has 0 fully saturated rings. The largest absolute Gasteiger partial charge is 0.493 e. The lowest BCUT2D eigenvalue weighted by molar-refractivity contribution is -0.111. The number of carbonyl (C=O) groups excluding carboxylic acids is 1. The molecule has 0 unspecified atom stereocenters. The highest BCUT2D eigenvalue weighted by Gasteiger charge is 2.14. The Morgan fingerprint density at radius 2 is 1.92 bits per heavy atom. The molecule has 1 amide bonds. The van der Waals surface area contributed by atoms with E-state index >= 15 is 0 Å². The summed E-state index contributed by atoms with van der Waals surface area (Å²) in [6.07, 6.45) is 3.53. The number of carbonyl (C=O) groups is 1. The molecule has 0 radical (unpaired) electrons. The summed E-state index contributed by atoms with van der Waals surface area (Å²) in [6.45, 7) is 4.24. The maximum Gasteiger partial charge on any atom is 0.248 e. The molecule has 0 aliphatic heterocycles. The Morgan fingerprint density at radius 3 is 2.58 bits per heavy atom. The zero-order chi connectivity index (χ0) is 19.2. The molecule has 0 bridgehead atoms. The van der Waals surface area contributed by atoms with Gasteiger partial charge in [0.15, 0.2) is 0 Å². The van der Waals surface area contributed by atoms with Crippen molar-refractivity contribution in [3.05, 3.63) is 59.7 Å². The molecule has 7 heteroatoms. The van der Waals surface area contributed by atoms with Gasteiger partial charge in [0.25, 0.3) is 0 Å². The van der Waals surface area contributed by atoms with Gasteiger partial charge < -0.3 is 10.1 Å². The highest BCUT2D eigenvalue weighted by molar-refractivity contribution is 7.89. The van der Waals surface area contributed by atoms with Gasteiger partial charge in [-0.05, 0) is 43.2 Å². The Hall–Kier alpha value is -2.64. The van der Waals surface area contributed by atoms with Crippen molar-refractivity contribution in [3.63, 3.8) is 0 Å². The van der Waals surface area contributed by atoms with Gasteiger partial charge in [-0.15, -0.1) is 0 Å². The van der Waals surface area contributed by atoms with Crippen LogP contribution < -0.4 is 15.2 Å². The first kappa shape index (κ1) is 19.7. The highest BCUT2D eigenvalue weighted by Crippen LogP contribution is 2.21. The number of rotatable bonds is 7. The van der Waals surface area contributed by atoms with Crippen molar-refractivity contribution < 1.29 is 17.9 Å². The van der Waals surface area contributed by atoms with Gasteiger partial charge in [-0.1, -0.05) is 31.2 Å². The third kappa shape index (κ3) is 5.18. The van der Waals surface area contributed by atoms with Crippen LogP contribution in [-0.2, 0) is 21.2 Å². The molecule has 2 rings (SSSR count). The summed E-state index contributed by atoms with van der Waals surface area (Å²) >= 11 is 0. The summed E-state index contributed by atoms with van der Waals surface area (Å²) in [7, 11) is -3.86. The molecule has 0 aliphatic rings. The Balaban J connectivity index is 2.18. The van der Waals surface area contributed by atoms with Crippen LogP contribution >= 0.6 is 0 Å². The van der Waals surface area contributed by atoms with Crippen molar-refractivity contribution >= 4 is 27.7 Å². The molecule has 0 aliphatic carbocycles. The normalized spacial score (nSPS) is 11.5. The number of nitrogens with one attached hydrogen (secondary N) is 1. The fourth-order valence-electron chi connectivity index (χ4n) is 2.44. The summed E-state index contributed by atoms with van der Waals surface area (Å²) in [5.41, 5.74) is 1.74. The Bertz CT molecular complexity index is 921. The number of hydrogen-bond donors (Lipinski definition) is 2. The maximum atomic E-state index is 12.2. The summed E-state index contributed by atoms with van der Waals surface area (Å²) in [5, 5.41) is 7.89. The van der Waals surface area contributed by atoms with Crippen LogP contribution in [0.1, 0.15) is 25.0 Å². The Morgan fingerprint density at radius 1 is 1.19 bits per heavy atom. The zero-order valence-corrected chi connectivity index (χ0v) is 15.5. The van der Waals surface area contributed by atoms with Crippen LogP contribution in [0.15, 0.2) is 53.4 Å². The first-order valence-electron chi connectivity index (χ1n) is 8.21. The monoisotopic (exact) mass is 374 g/mol. The van der Waals surface area contributed by atoms with Gasteiger partial charge in [-0.3, -0.25) is 4.79 Å². The van der Waals surface area contributed by atoms with Gasteiger partial charge in [-0.2, -0.15) is 0 Å². The molecule has 26 heavy (non-hydrogen) atoms. The predicted octanol–water partition coefficient (Wildman–Crippen LogP) is 2.95. The number of ether oxygens (including phenoxy) is 1. The van der Waals surface area contributed by atoms with E-state index in [1.807, 2.05) is 38.1 Å². The topological polar surface area (TPSA) is 98.5 Å². The average molecular weight is 374 g/mol. The quantitative estimate of drug-likeness (QED) is 0.728. The molecule has 0 spiro atoms. The second kappa shape index (κ2) is 8.64. The van der Waals surface area contributed by atoms with Crippen molar-refractivity contribution in [2.75, 3.05) is 11.9 Å². The van der Waals surface area contributed by atoms with Crippen LogP contribution in [0.25, 0.3) is 6.08 Å². The first-order chi connectivity index (χ1) is 12.3. The van der Waals surface area contributed by atoms with Crippen LogP contribution in [0.2, 0.25) is 0 Å². The number of sulfonamides is 1. The third-order valence-corrected chi connectivity index (χ3v) is 4.65. The van der Waals surface area contributed by atoms with E-state index in [2.05, 4.69) is 5.32 Å². The molecule has 3 N–H and O–H groups in total. The van der Waals surface area contributed by atoms with Crippen molar-refractivity contribution in [3.8, 4) is 5.75 Å². The minimum atomic E-state index is -3.86. The van der Waals surface area contributed by atoms with Crippen molar-refractivity contribution in [1.82, 2.24) is 0 Å². The molecule has 0 heterocycles. The minimum absolute atomic E-state index is 0.0171. The Kier molecular flexibility index (Phi) is 6.54. The van der Waals surface area contributed by atoms with Gasteiger partial charge in [0.2, 0.25) is 15.9 Å². The van der Waals surface area contributed by atoms with E-state index in [1.165, 1.54) is 12.1 Å². The van der Waals surface area contributed by atoms with Gasteiger partial charge in [0.05, 0.1) is 11.5 Å². The lowest BCUT2D eigenvalue weighted by atomic mass is 10.1. The molecule has 0 saturated heterocycles. The number of aryl methyl sites for hydroxylation is 1. The van der Waals surface area contributed by atoms with Crippen LogP contribution in [0.4, 0.5) is 5.69 Å². The molecule has 0 saturated carbocycles. The predicted molar refractivity (Wildman–Crippen MR) is 102 cm³/mol. The maximum absolute atomic E-state index is 12.2. The van der Waals surface area contributed by atoms with Gasteiger partial charge in [-0.25, -0.2) is 13.6 Å². The van der Waals surface area contributed by atoms with Crippen LogP contribution in [0.3, 0.4) is 0 Å². The standard InChI is InChI=1S/C19H22N2O4S/c1-3-14-9-11-16(13-18(14)26(20,23)24)21-19(22)12-10-15-7-5-6-8-17(15)25-4-2/h5-13H,3-4H2,1-2H3,(H,21,22)(H2,20,23,24)/b12-10+. The van der Waals surface area contributed by atoms with E-state index in [1.54, 1.807) is 18.2 Å². The van der Waals surface area contributed by atoms with Crippen LogP contribution in [0, 0.1) is 0 Å². The van der Waals surface area contributed by atoms with Gasteiger partial charge in [0, 0.05) is 17.3 Å². The molecule has 0 aromatic heterocycles. The number of anilines is 1. The van der Waals surface area contributed by atoms with E-state index < -0.39 is 10.0 Å². The van der Waals surface area contributed by atoms with Crippen molar-refractivity contribution in [1.29, 1.82) is 0 Å². The molecule has 2 aromatic carbocycles. The summed E-state index contributed by atoms with van der Waals surface area (Å²) < 4.78 is 28.9. The molecule has 138 valence electrons. The molecule has 6 nitrogen and oxygen atoms in total. The van der Waals surface area contributed by atoms with Gasteiger partial charge >= 0.3 is 0 Å². The second-order valence-electron chi connectivity index (χ2n) is 5.51. The summed E-state index contributed by atoms with van der Waals surface area (Å²) in [4.78, 5) is 12.2. The minimum Gasteiger partial charge on any atom is -0.493 e. The number of amides is 1. The lowest BCUT2D eigenvalue weighted by Crippen LogP contribution is -2.15. The third-order valence-electron chi connectivity index (χ3n) is 3.66. The fraction of sp³-hybridized carbons (Fsp3) is 0.211. The average Bonchev–Trinajstić information content (AvgIpc) is 2.60. The Labute approximate surface area is 153 Å². The number of hydrogen-bond acceptors (Lipinski definition) is 4. The van der Waals surface area contributed by atoms with Crippen molar-refractivity contribution in [2.45, 2.75) is 25.2 Å². The first-order valence-corrected chi connectivity index (χ1v) is 9.76. The smallest absolute Gasteiger partial charge is 0.248 e. The molecular formula is C19H22N2O4S. The lowest BCUT2D eigenvalue weighted by Gasteiger charge is -2.09. The summed E-state index contributed by atoms with van der Waals surface area (Å²) in [5.74, 6) is 0.295. The van der Waals surface area contributed by atoms with E-state index in [0.29, 0.717) is 30.0 Å². The number of primary sulfonamides is 1. The van der Waals surface area contributed by atoms with E-state index in [4.69, 9.17) is 9.88 Å². The fourth-order valence-corrected chi connectivity index (χ4v) is 3.31. The molecular weight excluding hydrogens is 352 g/mol. The van der Waals surface area contributed by atoms with E-state index in [9.17, 15) is 13.2 Å². The van der Waals surface area contributed by atoms with Gasteiger partial charge in [0.1, 0.15) is 5.75 Å². The number of benzene rings is 2. The van der Waals surface area contributed by atoms with Crippen molar-refractivity contribution in [2.24, 2.45) is 5.14 Å². The van der Waals surface area contributed by atoms with E-state index in [-0.39, 0.29) is 10.8 Å². The molecule has 2 aromatic rings. The SMILES string of the molecule is CCOc1ccccc1/C=C/C(=O)Nc1ccc(CC)c(S(N)(=O)=O)c1. The molecule has 0 atom stereocenters. The number of para-hydroxylation sites is 1. The number of nitrogens with two attached hydrogens (primary N) is 1. The van der Waals surface area contributed by atoms with Crippen LogP contribution in [0.5, 0.6) is 5.75 Å². The highest BCUT2D eigenvalue weighted by atomic mass is 32.2. The summed E-state index contributed by atoms with van der Waals surface area (Å²) in [6, 6.07) is 12.0. The van der Waals surface area contributed by atoms with E-state index in [0.717, 1.165) is 5.56 Å².